The molecule has 1 amide bonds. The van der Waals surface area contributed by atoms with E-state index >= 15 is 0 Å². The topological polar surface area (TPSA) is 76.1 Å². The number of carbonyl (C=O) groups is 2. The first-order valence-corrected chi connectivity index (χ1v) is 11.0. The largest absolute Gasteiger partial charge is 0.507 e. The van der Waals surface area contributed by atoms with Crippen LogP contribution in [0.15, 0.2) is 66.2 Å². The summed E-state index contributed by atoms with van der Waals surface area (Å²) >= 11 is 6.19. The summed E-state index contributed by atoms with van der Waals surface area (Å²) in [6, 6.07) is 12.7. The van der Waals surface area contributed by atoms with Gasteiger partial charge in [-0.1, -0.05) is 23.7 Å². The summed E-state index contributed by atoms with van der Waals surface area (Å²) < 4.78 is 38.2. The molecule has 3 aromatic carbocycles. The van der Waals surface area contributed by atoms with Crippen molar-refractivity contribution < 1.29 is 33.0 Å². The van der Waals surface area contributed by atoms with E-state index in [1.165, 1.54) is 31.4 Å². The summed E-state index contributed by atoms with van der Waals surface area (Å²) in [5.41, 5.74) is 0.343. The van der Waals surface area contributed by atoms with Crippen molar-refractivity contribution in [2.45, 2.75) is 13.0 Å². The van der Waals surface area contributed by atoms with Crippen molar-refractivity contribution in [2.24, 2.45) is 0 Å². The molecule has 1 N–H and O–H groups in total. The smallest absolute Gasteiger partial charge is 0.300 e. The Labute approximate surface area is 205 Å². The van der Waals surface area contributed by atoms with Gasteiger partial charge in [0.1, 0.15) is 17.3 Å². The van der Waals surface area contributed by atoms with E-state index in [1.807, 2.05) is 6.92 Å². The second kappa shape index (κ2) is 9.76. The highest BCUT2D eigenvalue weighted by Gasteiger charge is 2.47. The van der Waals surface area contributed by atoms with Gasteiger partial charge in [0.2, 0.25) is 0 Å². The van der Waals surface area contributed by atoms with Crippen LogP contribution in [0.3, 0.4) is 0 Å². The van der Waals surface area contributed by atoms with Crippen molar-refractivity contribution in [2.75, 3.05) is 18.6 Å². The first-order valence-electron chi connectivity index (χ1n) is 10.6. The molecule has 4 rings (SSSR count). The Balaban J connectivity index is 1.92. The van der Waals surface area contributed by atoms with Crippen molar-refractivity contribution in [1.82, 2.24) is 0 Å². The third-order valence-electron chi connectivity index (χ3n) is 5.56. The summed E-state index contributed by atoms with van der Waals surface area (Å²) in [6.45, 7) is 2.26. The molecule has 6 nitrogen and oxygen atoms in total. The molecule has 0 aromatic heterocycles. The van der Waals surface area contributed by atoms with Crippen LogP contribution >= 0.6 is 11.6 Å². The summed E-state index contributed by atoms with van der Waals surface area (Å²) in [6.07, 6.45) is 0. The molecule has 1 fully saturated rings. The Hall–Kier alpha value is -3.91. The Morgan fingerprint density at radius 1 is 1.03 bits per heavy atom. The Kier molecular flexibility index (Phi) is 6.75. The molecule has 0 saturated carbocycles. The maximum atomic E-state index is 14.1. The lowest BCUT2D eigenvalue weighted by Crippen LogP contribution is -2.29. The Morgan fingerprint density at radius 3 is 2.34 bits per heavy atom. The zero-order valence-corrected chi connectivity index (χ0v) is 19.5. The Morgan fingerprint density at radius 2 is 1.74 bits per heavy atom. The minimum absolute atomic E-state index is 0.0447. The molecule has 1 aliphatic rings. The van der Waals surface area contributed by atoms with Gasteiger partial charge in [0.15, 0.2) is 11.6 Å². The lowest BCUT2D eigenvalue weighted by atomic mass is 9.95. The molecule has 180 valence electrons. The number of Topliss-reactive ketones (excluding diaryl/α,β-unsaturated/α-hetero) is 1. The minimum Gasteiger partial charge on any atom is -0.507 e. The molecule has 1 aliphatic heterocycles. The molecule has 1 atom stereocenters. The zero-order valence-electron chi connectivity index (χ0n) is 18.7. The predicted molar refractivity (Wildman–Crippen MR) is 127 cm³/mol. The van der Waals surface area contributed by atoms with Gasteiger partial charge in [-0.05, 0) is 55.0 Å². The van der Waals surface area contributed by atoms with Gasteiger partial charge in [-0.3, -0.25) is 14.5 Å². The van der Waals surface area contributed by atoms with Crippen molar-refractivity contribution in [1.29, 1.82) is 0 Å². The van der Waals surface area contributed by atoms with E-state index in [0.29, 0.717) is 23.7 Å². The molecule has 0 aliphatic carbocycles. The summed E-state index contributed by atoms with van der Waals surface area (Å²) in [4.78, 5) is 27.3. The molecule has 0 spiro atoms. The molecule has 3 aromatic rings. The number of hydrogen-bond donors (Lipinski definition) is 1. The monoisotopic (exact) mass is 499 g/mol. The summed E-state index contributed by atoms with van der Waals surface area (Å²) in [7, 11) is 1.43. The molecule has 0 radical (unpaired) electrons. The van der Waals surface area contributed by atoms with Crippen molar-refractivity contribution in [3.63, 3.8) is 0 Å². The maximum Gasteiger partial charge on any atom is 0.300 e. The van der Waals surface area contributed by atoms with Gasteiger partial charge >= 0.3 is 0 Å². The molecule has 0 bridgehead atoms. The molecular weight excluding hydrogens is 480 g/mol. The average molecular weight is 500 g/mol. The average Bonchev–Trinajstić information content (AvgIpc) is 3.11. The molecule has 1 saturated heterocycles. The SMILES string of the molecule is CCOc1ccc(C2/C(=C(\O)c3ccc(OC)c(Cl)c3)C(=O)C(=O)N2c2ccc(F)c(F)c2)cc1. The van der Waals surface area contributed by atoms with E-state index in [0.717, 1.165) is 17.0 Å². The van der Waals surface area contributed by atoms with Crippen LogP contribution in [0.1, 0.15) is 24.1 Å². The van der Waals surface area contributed by atoms with E-state index in [9.17, 15) is 23.5 Å². The first-order chi connectivity index (χ1) is 16.8. The van der Waals surface area contributed by atoms with Gasteiger partial charge < -0.3 is 14.6 Å². The van der Waals surface area contributed by atoms with Crippen molar-refractivity contribution in [3.8, 4) is 11.5 Å². The van der Waals surface area contributed by atoms with Gasteiger partial charge in [0, 0.05) is 17.3 Å². The minimum atomic E-state index is -1.18. The number of rotatable bonds is 6. The highest BCUT2D eigenvalue weighted by molar-refractivity contribution is 6.51. The second-order valence-electron chi connectivity index (χ2n) is 7.62. The third-order valence-corrected chi connectivity index (χ3v) is 5.85. The van der Waals surface area contributed by atoms with Crippen LogP contribution in [0.25, 0.3) is 5.76 Å². The van der Waals surface area contributed by atoms with Crippen LogP contribution in [0.5, 0.6) is 11.5 Å². The number of nitrogens with zero attached hydrogens (tertiary/aromatic N) is 1. The van der Waals surface area contributed by atoms with Crippen LogP contribution < -0.4 is 14.4 Å². The second-order valence-corrected chi connectivity index (χ2v) is 8.03. The molecule has 1 heterocycles. The zero-order chi connectivity index (χ0) is 25.3. The van der Waals surface area contributed by atoms with E-state index in [2.05, 4.69) is 0 Å². The van der Waals surface area contributed by atoms with E-state index in [4.69, 9.17) is 21.1 Å². The number of aliphatic hydroxyl groups is 1. The highest BCUT2D eigenvalue weighted by Crippen LogP contribution is 2.43. The van der Waals surface area contributed by atoms with Gasteiger partial charge in [-0.25, -0.2) is 8.78 Å². The predicted octanol–water partition coefficient (Wildman–Crippen LogP) is 5.65. The van der Waals surface area contributed by atoms with Gasteiger partial charge in [-0.2, -0.15) is 0 Å². The fourth-order valence-electron chi connectivity index (χ4n) is 3.93. The van der Waals surface area contributed by atoms with Crippen LogP contribution in [0.2, 0.25) is 5.02 Å². The van der Waals surface area contributed by atoms with Crippen LogP contribution in [-0.4, -0.2) is 30.5 Å². The highest BCUT2D eigenvalue weighted by atomic mass is 35.5. The number of ether oxygens (including phenoxy) is 2. The number of hydrogen-bond acceptors (Lipinski definition) is 5. The number of aliphatic hydroxyl groups excluding tert-OH is 1. The maximum absolute atomic E-state index is 14.1. The normalized spacial score (nSPS) is 17.1. The Bertz CT molecular complexity index is 1340. The van der Waals surface area contributed by atoms with Crippen LogP contribution in [0, 0.1) is 11.6 Å². The van der Waals surface area contributed by atoms with Gasteiger partial charge in [0.25, 0.3) is 11.7 Å². The van der Waals surface area contributed by atoms with E-state index < -0.39 is 35.1 Å². The van der Waals surface area contributed by atoms with Gasteiger partial charge in [0.05, 0.1) is 30.4 Å². The fraction of sp³-hybridized carbons (Fsp3) is 0.154. The number of benzene rings is 3. The number of halogens is 3. The standard InChI is InChI=1S/C26H20ClF2NO5/c1-3-35-17-8-4-14(5-9-17)23-22(24(31)15-6-11-21(34-2)18(27)12-15)25(32)26(33)30(23)16-7-10-19(28)20(29)13-16/h4-13,23,31H,3H2,1-2H3/b24-22+. The molecular formula is C26H20ClF2NO5. The van der Waals surface area contributed by atoms with Gasteiger partial charge in [-0.15, -0.1) is 0 Å². The quantitative estimate of drug-likeness (QED) is 0.269. The molecule has 1 unspecified atom stereocenters. The van der Waals surface area contributed by atoms with Crippen LogP contribution in [0.4, 0.5) is 14.5 Å². The molecule has 9 heteroatoms. The lowest BCUT2D eigenvalue weighted by Gasteiger charge is -2.25. The van der Waals surface area contributed by atoms with Crippen molar-refractivity contribution >= 4 is 34.7 Å². The first kappa shape index (κ1) is 24.2. The number of anilines is 1. The number of amides is 1. The third kappa shape index (κ3) is 4.44. The van der Waals surface area contributed by atoms with Crippen molar-refractivity contribution in [3.05, 3.63) is 94.0 Å². The molecule has 35 heavy (non-hydrogen) atoms. The number of ketones is 1. The van der Waals surface area contributed by atoms with E-state index in [-0.39, 0.29) is 21.8 Å². The summed E-state index contributed by atoms with van der Waals surface area (Å²) in [5.74, 6) is -3.84. The fourth-order valence-corrected chi connectivity index (χ4v) is 4.19. The summed E-state index contributed by atoms with van der Waals surface area (Å²) in [5, 5.41) is 11.3. The van der Waals surface area contributed by atoms with Crippen LogP contribution in [-0.2, 0) is 9.59 Å². The number of carbonyl (C=O) groups excluding carboxylic acids is 2. The lowest BCUT2D eigenvalue weighted by molar-refractivity contribution is -0.132. The number of methoxy groups -OCH3 is 1. The van der Waals surface area contributed by atoms with E-state index in [1.54, 1.807) is 24.3 Å².